The topological polar surface area (TPSA) is 78.4 Å². The third-order valence-electron chi connectivity index (χ3n) is 2.71. The first kappa shape index (κ1) is 17.2. The predicted molar refractivity (Wildman–Crippen MR) is 74.4 cm³/mol. The van der Waals surface area contributed by atoms with Crippen LogP contribution >= 0.6 is 11.6 Å². The van der Waals surface area contributed by atoms with E-state index in [0.717, 1.165) is 6.07 Å². The molecule has 21 heavy (non-hydrogen) atoms. The van der Waals surface area contributed by atoms with Crippen molar-refractivity contribution < 1.29 is 23.5 Å². The third kappa shape index (κ3) is 5.95. The molecule has 0 aliphatic heterocycles. The normalized spacial score (nSPS) is 11.8. The number of hydrogen-bond acceptors (Lipinski definition) is 2. The first-order valence-corrected chi connectivity index (χ1v) is 6.58. The predicted octanol–water partition coefficient (Wildman–Crippen LogP) is 3.24. The van der Waals surface area contributed by atoms with Crippen LogP contribution in [-0.4, -0.2) is 23.7 Å². The molecule has 0 bridgehead atoms. The van der Waals surface area contributed by atoms with Crippen molar-refractivity contribution in [3.05, 3.63) is 28.8 Å². The van der Waals surface area contributed by atoms with Crippen molar-refractivity contribution in [3.8, 4) is 0 Å². The van der Waals surface area contributed by atoms with E-state index >= 15 is 0 Å². The average Bonchev–Trinajstić information content (AvgIpc) is 2.38. The van der Waals surface area contributed by atoms with Gasteiger partial charge in [-0.05, 0) is 18.4 Å². The molecule has 5 nitrogen and oxygen atoms in total. The standard InChI is InChI=1S/C13H15ClF2N2O3/c1-7(2-3-11(19)20)6-17-13(21)18-12-9(14)4-8(15)5-10(12)16/h4-5,7H,2-3,6H2,1H3,(H,19,20)(H2,17,18,21). The molecule has 0 fully saturated rings. The van der Waals surface area contributed by atoms with Crippen molar-refractivity contribution in [3.63, 3.8) is 0 Å². The SMILES string of the molecule is CC(CCC(=O)O)CNC(=O)Nc1c(F)cc(F)cc1Cl. The Morgan fingerprint density at radius 2 is 2.05 bits per heavy atom. The molecule has 8 heteroatoms. The van der Waals surface area contributed by atoms with Crippen LogP contribution in [0.25, 0.3) is 0 Å². The smallest absolute Gasteiger partial charge is 0.319 e. The zero-order chi connectivity index (χ0) is 16.0. The van der Waals surface area contributed by atoms with E-state index in [1.54, 1.807) is 6.92 Å². The van der Waals surface area contributed by atoms with Crippen LogP contribution in [0.15, 0.2) is 12.1 Å². The minimum Gasteiger partial charge on any atom is -0.481 e. The summed E-state index contributed by atoms with van der Waals surface area (Å²) in [5.41, 5.74) is -0.311. The number of carboxylic acid groups (broad SMARTS) is 1. The van der Waals surface area contributed by atoms with Crippen molar-refractivity contribution in [2.75, 3.05) is 11.9 Å². The molecule has 0 radical (unpaired) electrons. The molecule has 0 spiro atoms. The number of carboxylic acids is 1. The number of benzene rings is 1. The Kier molecular flexibility index (Phi) is 6.36. The number of aliphatic carboxylic acids is 1. The molecular weight excluding hydrogens is 306 g/mol. The van der Waals surface area contributed by atoms with E-state index in [-0.39, 0.29) is 29.6 Å². The maximum absolute atomic E-state index is 13.4. The van der Waals surface area contributed by atoms with Gasteiger partial charge in [0.05, 0.1) is 10.7 Å². The summed E-state index contributed by atoms with van der Waals surface area (Å²) >= 11 is 5.64. The van der Waals surface area contributed by atoms with Gasteiger partial charge in [-0.2, -0.15) is 0 Å². The second kappa shape index (κ2) is 7.78. The molecule has 0 aromatic heterocycles. The molecule has 3 N–H and O–H groups in total. The highest BCUT2D eigenvalue weighted by atomic mass is 35.5. The van der Waals surface area contributed by atoms with Gasteiger partial charge in [-0.3, -0.25) is 4.79 Å². The maximum Gasteiger partial charge on any atom is 0.319 e. The molecule has 1 aromatic carbocycles. The molecule has 0 aliphatic carbocycles. The summed E-state index contributed by atoms with van der Waals surface area (Å²) in [6.07, 6.45) is 0.407. The third-order valence-corrected chi connectivity index (χ3v) is 3.01. The number of urea groups is 1. The highest BCUT2D eigenvalue weighted by Crippen LogP contribution is 2.26. The van der Waals surface area contributed by atoms with Crippen molar-refractivity contribution >= 4 is 29.3 Å². The molecule has 0 heterocycles. The highest BCUT2D eigenvalue weighted by Gasteiger charge is 2.13. The second-order valence-corrected chi connectivity index (χ2v) is 5.02. The molecule has 116 valence electrons. The summed E-state index contributed by atoms with van der Waals surface area (Å²) in [6, 6.07) is 0.789. The summed E-state index contributed by atoms with van der Waals surface area (Å²) in [6.45, 7) is 1.99. The lowest BCUT2D eigenvalue weighted by molar-refractivity contribution is -0.137. The number of anilines is 1. The van der Waals surface area contributed by atoms with E-state index in [1.807, 2.05) is 0 Å². The molecular formula is C13H15ClF2N2O3. The van der Waals surface area contributed by atoms with Crippen LogP contribution in [0.4, 0.5) is 19.3 Å². The molecule has 1 aromatic rings. The maximum atomic E-state index is 13.4. The second-order valence-electron chi connectivity index (χ2n) is 4.62. The van der Waals surface area contributed by atoms with Gasteiger partial charge in [-0.1, -0.05) is 18.5 Å². The van der Waals surface area contributed by atoms with Crippen LogP contribution in [0.5, 0.6) is 0 Å². The number of halogens is 3. The summed E-state index contributed by atoms with van der Waals surface area (Å²) in [4.78, 5) is 22.0. The fraction of sp³-hybridized carbons (Fsp3) is 0.385. The van der Waals surface area contributed by atoms with Crippen molar-refractivity contribution in [1.29, 1.82) is 0 Å². The number of nitrogens with one attached hydrogen (secondary N) is 2. The fourth-order valence-electron chi connectivity index (χ4n) is 1.56. The van der Waals surface area contributed by atoms with Gasteiger partial charge in [0.15, 0.2) is 5.82 Å². The number of carbonyl (C=O) groups is 2. The number of hydrogen-bond donors (Lipinski definition) is 3. The fourth-order valence-corrected chi connectivity index (χ4v) is 1.80. The minimum absolute atomic E-state index is 0.00286. The molecule has 2 amide bonds. The molecule has 0 saturated carbocycles. The summed E-state index contributed by atoms with van der Waals surface area (Å²) in [7, 11) is 0. The Morgan fingerprint density at radius 1 is 1.38 bits per heavy atom. The Bertz CT molecular complexity index is 517. The van der Waals surface area contributed by atoms with Crippen LogP contribution in [0.1, 0.15) is 19.8 Å². The average molecular weight is 321 g/mol. The zero-order valence-corrected chi connectivity index (χ0v) is 12.0. The van der Waals surface area contributed by atoms with E-state index in [2.05, 4.69) is 10.6 Å². The Labute approximate surface area is 125 Å². The largest absolute Gasteiger partial charge is 0.481 e. The van der Waals surface area contributed by atoms with Crippen molar-refractivity contribution in [2.45, 2.75) is 19.8 Å². The Hall–Kier alpha value is -1.89. The van der Waals surface area contributed by atoms with E-state index < -0.39 is 23.6 Å². The first-order valence-electron chi connectivity index (χ1n) is 6.20. The monoisotopic (exact) mass is 320 g/mol. The van der Waals surface area contributed by atoms with Crippen LogP contribution in [0, 0.1) is 17.6 Å². The molecule has 0 saturated heterocycles. The van der Waals surface area contributed by atoms with E-state index in [1.165, 1.54) is 0 Å². The number of rotatable bonds is 6. The summed E-state index contributed by atoms with van der Waals surface area (Å²) < 4.78 is 26.3. The molecule has 1 unspecified atom stereocenters. The van der Waals surface area contributed by atoms with Gasteiger partial charge in [0.25, 0.3) is 0 Å². The van der Waals surface area contributed by atoms with E-state index in [4.69, 9.17) is 16.7 Å². The van der Waals surface area contributed by atoms with Crippen molar-refractivity contribution in [2.24, 2.45) is 5.92 Å². The summed E-state index contributed by atoms with van der Waals surface area (Å²) in [5, 5.41) is 12.9. The van der Waals surface area contributed by atoms with Crippen LogP contribution in [0.2, 0.25) is 5.02 Å². The van der Waals surface area contributed by atoms with Gasteiger partial charge >= 0.3 is 12.0 Å². The highest BCUT2D eigenvalue weighted by molar-refractivity contribution is 6.33. The molecule has 1 rings (SSSR count). The molecule has 0 aliphatic rings. The summed E-state index contributed by atoms with van der Waals surface area (Å²) in [5.74, 6) is -2.79. The van der Waals surface area contributed by atoms with Gasteiger partial charge in [0.2, 0.25) is 0 Å². The van der Waals surface area contributed by atoms with Gasteiger partial charge in [-0.25, -0.2) is 13.6 Å². The number of carbonyl (C=O) groups excluding carboxylic acids is 1. The lowest BCUT2D eigenvalue weighted by atomic mass is 10.1. The lowest BCUT2D eigenvalue weighted by Gasteiger charge is -2.13. The van der Waals surface area contributed by atoms with Gasteiger partial charge in [-0.15, -0.1) is 0 Å². The Balaban J connectivity index is 2.49. The minimum atomic E-state index is -0.978. The zero-order valence-electron chi connectivity index (χ0n) is 11.3. The van der Waals surface area contributed by atoms with E-state index in [9.17, 15) is 18.4 Å². The molecule has 1 atom stereocenters. The first-order chi connectivity index (χ1) is 9.79. The van der Waals surface area contributed by atoms with Crippen LogP contribution < -0.4 is 10.6 Å². The van der Waals surface area contributed by atoms with Gasteiger partial charge in [0, 0.05) is 19.0 Å². The quantitative estimate of drug-likeness (QED) is 0.753. The lowest BCUT2D eigenvalue weighted by Crippen LogP contribution is -2.32. The van der Waals surface area contributed by atoms with Crippen LogP contribution in [0.3, 0.4) is 0 Å². The van der Waals surface area contributed by atoms with Gasteiger partial charge < -0.3 is 15.7 Å². The Morgan fingerprint density at radius 3 is 2.62 bits per heavy atom. The van der Waals surface area contributed by atoms with Gasteiger partial charge in [0.1, 0.15) is 5.82 Å². The van der Waals surface area contributed by atoms with Crippen LogP contribution in [-0.2, 0) is 4.79 Å². The number of amides is 2. The van der Waals surface area contributed by atoms with Crippen molar-refractivity contribution in [1.82, 2.24) is 5.32 Å². The van der Waals surface area contributed by atoms with E-state index in [0.29, 0.717) is 12.5 Å².